The van der Waals surface area contributed by atoms with Crippen LogP contribution in [0.4, 0.5) is 10.1 Å². The third kappa shape index (κ3) is 3.89. The van der Waals surface area contributed by atoms with Crippen molar-refractivity contribution in [2.75, 3.05) is 19.1 Å². The van der Waals surface area contributed by atoms with Crippen molar-refractivity contribution in [1.29, 1.82) is 0 Å². The van der Waals surface area contributed by atoms with Crippen LogP contribution >= 0.6 is 11.6 Å². The number of carbonyl (C=O) groups excluding carboxylic acids is 2. The van der Waals surface area contributed by atoms with E-state index in [4.69, 9.17) is 21.1 Å². The van der Waals surface area contributed by atoms with Crippen molar-refractivity contribution in [3.63, 3.8) is 0 Å². The van der Waals surface area contributed by atoms with Crippen molar-refractivity contribution in [2.45, 2.75) is 6.04 Å². The molecule has 3 aromatic rings. The molecule has 1 amide bonds. The molecule has 1 N–H and O–H groups in total. The number of nitrogens with zero attached hydrogens (tertiary/aromatic N) is 2. The Hall–Kier alpha value is -3.91. The summed E-state index contributed by atoms with van der Waals surface area (Å²) < 4.78 is 24.3. The number of halogens is 2. The number of aliphatic hydroxyl groups excluding tert-OH is 1. The van der Waals surface area contributed by atoms with E-state index in [1.807, 2.05) is 0 Å². The SMILES string of the molecule is COc1ccc(/C(O)=C2\C(=O)C(=O)N(c3ccc(F)c(Cl)c3)C2c2ccncc2)cc1OC. The van der Waals surface area contributed by atoms with Gasteiger partial charge in [0.15, 0.2) is 11.5 Å². The van der Waals surface area contributed by atoms with E-state index in [9.17, 15) is 19.1 Å². The fraction of sp³-hybridized carbons (Fsp3) is 0.125. The van der Waals surface area contributed by atoms with Crippen LogP contribution in [0.15, 0.2) is 66.5 Å². The maximum Gasteiger partial charge on any atom is 0.300 e. The zero-order valence-corrected chi connectivity index (χ0v) is 18.3. The number of hydrogen-bond donors (Lipinski definition) is 1. The van der Waals surface area contributed by atoms with Gasteiger partial charge in [-0.3, -0.25) is 19.5 Å². The van der Waals surface area contributed by atoms with E-state index in [0.29, 0.717) is 17.1 Å². The second kappa shape index (κ2) is 8.91. The van der Waals surface area contributed by atoms with Crippen LogP contribution in [0.3, 0.4) is 0 Å². The molecule has 1 fully saturated rings. The van der Waals surface area contributed by atoms with Crippen LogP contribution in [-0.2, 0) is 9.59 Å². The molecule has 1 saturated heterocycles. The minimum absolute atomic E-state index is 0.140. The summed E-state index contributed by atoms with van der Waals surface area (Å²) >= 11 is 5.93. The Morgan fingerprint density at radius 2 is 1.73 bits per heavy atom. The lowest BCUT2D eigenvalue weighted by molar-refractivity contribution is -0.132. The zero-order valence-electron chi connectivity index (χ0n) is 17.6. The molecule has 33 heavy (non-hydrogen) atoms. The number of hydrogen-bond acceptors (Lipinski definition) is 6. The minimum Gasteiger partial charge on any atom is -0.507 e. The number of rotatable bonds is 5. The number of benzene rings is 2. The lowest BCUT2D eigenvalue weighted by atomic mass is 9.95. The van der Waals surface area contributed by atoms with Crippen molar-refractivity contribution >= 4 is 34.7 Å². The number of aromatic nitrogens is 1. The Labute approximate surface area is 193 Å². The van der Waals surface area contributed by atoms with Gasteiger partial charge in [-0.15, -0.1) is 0 Å². The van der Waals surface area contributed by atoms with Crippen LogP contribution in [-0.4, -0.2) is 36.0 Å². The molecule has 0 aliphatic carbocycles. The molecule has 7 nitrogen and oxygen atoms in total. The summed E-state index contributed by atoms with van der Waals surface area (Å²) in [6.45, 7) is 0. The molecule has 1 unspecified atom stereocenters. The molecule has 0 spiro atoms. The van der Waals surface area contributed by atoms with Crippen LogP contribution in [0, 0.1) is 5.82 Å². The molecule has 2 aromatic carbocycles. The number of Topliss-reactive ketones (excluding diaryl/α,β-unsaturated/α-hetero) is 1. The van der Waals surface area contributed by atoms with Crippen LogP contribution in [0.25, 0.3) is 5.76 Å². The standard InChI is InChI=1S/C24H18ClFN2O5/c1-32-18-6-3-14(11-19(18)33-2)22(29)20-21(13-7-9-27-10-8-13)28(24(31)23(20)30)15-4-5-17(26)16(25)12-15/h3-12,21,29H,1-2H3/b22-20+. The molecular weight excluding hydrogens is 451 g/mol. The highest BCUT2D eigenvalue weighted by Crippen LogP contribution is 2.43. The highest BCUT2D eigenvalue weighted by Gasteiger charge is 2.47. The Balaban J connectivity index is 1.94. The van der Waals surface area contributed by atoms with Gasteiger partial charge in [0.25, 0.3) is 11.7 Å². The number of carbonyl (C=O) groups is 2. The lowest BCUT2D eigenvalue weighted by Crippen LogP contribution is -2.29. The van der Waals surface area contributed by atoms with Gasteiger partial charge in [0.1, 0.15) is 11.6 Å². The fourth-order valence-electron chi connectivity index (χ4n) is 3.73. The van der Waals surface area contributed by atoms with Gasteiger partial charge in [-0.2, -0.15) is 0 Å². The molecule has 168 valence electrons. The number of methoxy groups -OCH3 is 2. The van der Waals surface area contributed by atoms with E-state index >= 15 is 0 Å². The number of amides is 1. The summed E-state index contributed by atoms with van der Waals surface area (Å²) in [5, 5.41) is 11.0. The second-order valence-electron chi connectivity index (χ2n) is 7.12. The predicted molar refractivity (Wildman–Crippen MR) is 120 cm³/mol. The summed E-state index contributed by atoms with van der Waals surface area (Å²) in [5.74, 6) is -2.08. The molecule has 0 bridgehead atoms. The van der Waals surface area contributed by atoms with Gasteiger partial charge in [0.2, 0.25) is 0 Å². The van der Waals surface area contributed by atoms with Gasteiger partial charge in [-0.1, -0.05) is 11.6 Å². The predicted octanol–water partition coefficient (Wildman–Crippen LogP) is 4.52. The molecule has 4 rings (SSSR count). The quantitative estimate of drug-likeness (QED) is 0.336. The zero-order chi connectivity index (χ0) is 23.7. The summed E-state index contributed by atoms with van der Waals surface area (Å²) in [6, 6.07) is 10.6. The Morgan fingerprint density at radius 1 is 1.03 bits per heavy atom. The number of pyridine rings is 1. The largest absolute Gasteiger partial charge is 0.507 e. The first-order chi connectivity index (χ1) is 15.9. The van der Waals surface area contributed by atoms with Gasteiger partial charge in [-0.25, -0.2) is 4.39 Å². The van der Waals surface area contributed by atoms with E-state index in [1.54, 1.807) is 24.3 Å². The van der Waals surface area contributed by atoms with Crippen LogP contribution in [0.1, 0.15) is 17.2 Å². The number of anilines is 1. The second-order valence-corrected chi connectivity index (χ2v) is 7.53. The number of ether oxygens (including phenoxy) is 2. The van der Waals surface area contributed by atoms with E-state index in [0.717, 1.165) is 6.07 Å². The molecule has 1 aromatic heterocycles. The first-order valence-corrected chi connectivity index (χ1v) is 10.1. The van der Waals surface area contributed by atoms with Gasteiger partial charge in [0, 0.05) is 23.6 Å². The van der Waals surface area contributed by atoms with Gasteiger partial charge < -0.3 is 14.6 Å². The molecule has 1 atom stereocenters. The van der Waals surface area contributed by atoms with Crippen molar-refractivity contribution in [2.24, 2.45) is 0 Å². The number of ketones is 1. The van der Waals surface area contributed by atoms with E-state index in [2.05, 4.69) is 4.98 Å². The van der Waals surface area contributed by atoms with Crippen LogP contribution in [0.2, 0.25) is 5.02 Å². The highest BCUT2D eigenvalue weighted by molar-refractivity contribution is 6.51. The lowest BCUT2D eigenvalue weighted by Gasteiger charge is -2.25. The van der Waals surface area contributed by atoms with Gasteiger partial charge >= 0.3 is 0 Å². The Morgan fingerprint density at radius 3 is 2.36 bits per heavy atom. The van der Waals surface area contributed by atoms with Gasteiger partial charge in [-0.05, 0) is 54.1 Å². The van der Waals surface area contributed by atoms with Crippen molar-refractivity contribution in [1.82, 2.24) is 4.98 Å². The van der Waals surface area contributed by atoms with Crippen LogP contribution in [0.5, 0.6) is 11.5 Å². The molecule has 0 saturated carbocycles. The first-order valence-electron chi connectivity index (χ1n) is 9.75. The van der Waals surface area contributed by atoms with Crippen molar-refractivity contribution in [3.8, 4) is 11.5 Å². The molecule has 1 aliphatic rings. The van der Waals surface area contributed by atoms with E-state index in [1.165, 1.54) is 49.7 Å². The maximum absolute atomic E-state index is 13.8. The summed E-state index contributed by atoms with van der Waals surface area (Å²) in [7, 11) is 2.91. The van der Waals surface area contributed by atoms with E-state index < -0.39 is 29.3 Å². The topological polar surface area (TPSA) is 89.0 Å². The third-order valence-electron chi connectivity index (χ3n) is 5.30. The van der Waals surface area contributed by atoms with Gasteiger partial charge in [0.05, 0.1) is 30.9 Å². The fourth-order valence-corrected chi connectivity index (χ4v) is 3.91. The van der Waals surface area contributed by atoms with Crippen molar-refractivity contribution in [3.05, 3.63) is 88.5 Å². The molecule has 0 radical (unpaired) electrons. The Kier molecular flexibility index (Phi) is 6.02. The smallest absolute Gasteiger partial charge is 0.300 e. The van der Waals surface area contributed by atoms with E-state index in [-0.39, 0.29) is 21.8 Å². The normalized spacial score (nSPS) is 17.3. The molecular formula is C24H18ClFN2O5. The highest BCUT2D eigenvalue weighted by atomic mass is 35.5. The molecule has 9 heteroatoms. The molecule has 1 aliphatic heterocycles. The summed E-state index contributed by atoms with van der Waals surface area (Å²) in [4.78, 5) is 31.4. The third-order valence-corrected chi connectivity index (χ3v) is 5.59. The average Bonchev–Trinajstić information content (AvgIpc) is 3.10. The van der Waals surface area contributed by atoms with Crippen LogP contribution < -0.4 is 14.4 Å². The summed E-state index contributed by atoms with van der Waals surface area (Å²) in [6.07, 6.45) is 3.01. The average molecular weight is 469 g/mol. The minimum atomic E-state index is -0.998. The number of aliphatic hydroxyl groups is 1. The first kappa shape index (κ1) is 22.3. The van der Waals surface area contributed by atoms with Crippen molar-refractivity contribution < 1.29 is 28.6 Å². The summed E-state index contributed by atoms with van der Waals surface area (Å²) in [5.41, 5.74) is 0.837. The molecule has 2 heterocycles. The maximum atomic E-state index is 13.8. The Bertz CT molecular complexity index is 1280. The monoisotopic (exact) mass is 468 g/mol.